The number of carbonyl (C=O) groups excluding carboxylic acids is 4. The van der Waals surface area contributed by atoms with Gasteiger partial charge in [-0.3, -0.25) is 33.5 Å². The molecule has 4 aliphatic heterocycles. The molecule has 2 aliphatic carbocycles. The first kappa shape index (κ1) is 76.9. The van der Waals surface area contributed by atoms with Crippen molar-refractivity contribution in [2.75, 3.05) is 41.9 Å². The van der Waals surface area contributed by atoms with E-state index >= 15 is 0 Å². The van der Waals surface area contributed by atoms with E-state index in [9.17, 15) is 24.0 Å². The molecule has 0 radical (unpaired) electrons. The van der Waals surface area contributed by atoms with Crippen molar-refractivity contribution in [1.29, 1.82) is 0 Å². The molecule has 7 heterocycles. The first-order valence-corrected chi connectivity index (χ1v) is 42.1. The van der Waals surface area contributed by atoms with Gasteiger partial charge in [-0.2, -0.15) is 4.57 Å². The number of rotatable bonds is 23. The Morgan fingerprint density at radius 3 is 1.71 bits per heavy atom. The van der Waals surface area contributed by atoms with Crippen LogP contribution in [-0.4, -0.2) is 93.7 Å². The number of pyridine rings is 2. The molecule has 5 atom stereocenters. The number of esters is 1. The molecule has 3 amide bonds. The Morgan fingerprint density at radius 1 is 0.612 bits per heavy atom. The maximum Gasteiger partial charge on any atom is 0.337 e. The van der Waals surface area contributed by atoms with Gasteiger partial charge in [-0.05, 0) is 202 Å². The van der Waals surface area contributed by atoms with E-state index in [1.165, 1.54) is 50.4 Å². The van der Waals surface area contributed by atoms with Crippen LogP contribution in [0.1, 0.15) is 124 Å². The Kier molecular flexibility index (Phi) is 22.3. The molecule has 3 aromatic heterocycles. The molecule has 4 fully saturated rings. The van der Waals surface area contributed by atoms with Crippen LogP contribution in [0.2, 0.25) is 13.1 Å². The molecule has 8 aromatic carbocycles. The average molecular weight is 1600 g/mol. The molecule has 16 nitrogen and oxygen atoms in total. The Hall–Kier alpha value is -11.7. The first-order chi connectivity index (χ1) is 56.6. The zero-order chi connectivity index (χ0) is 79.7. The normalized spacial score (nSPS) is 18.7. The third kappa shape index (κ3) is 15.7. The smallest absolute Gasteiger partial charge is 0.337 e. The second kappa shape index (κ2) is 33.6. The van der Waals surface area contributed by atoms with Gasteiger partial charge in [-0.15, -0.1) is 11.3 Å². The summed E-state index contributed by atoms with van der Waals surface area (Å²) < 4.78 is 18.2. The van der Waals surface area contributed by atoms with Gasteiger partial charge in [-0.25, -0.2) is 9.36 Å². The van der Waals surface area contributed by atoms with Crippen LogP contribution in [0.4, 0.5) is 28.4 Å². The fourth-order valence-corrected chi connectivity index (χ4v) is 20.1. The van der Waals surface area contributed by atoms with Crippen LogP contribution in [0.5, 0.6) is 0 Å². The van der Waals surface area contributed by atoms with Crippen LogP contribution < -0.4 is 43.9 Å². The third-order valence-electron chi connectivity index (χ3n) is 23.2. The van der Waals surface area contributed by atoms with E-state index in [4.69, 9.17) is 33.8 Å². The minimum absolute atomic E-state index is 0.169. The van der Waals surface area contributed by atoms with Crippen LogP contribution in [0.25, 0.3) is 52.0 Å². The van der Waals surface area contributed by atoms with E-state index in [2.05, 4.69) is 180 Å². The summed E-state index contributed by atoms with van der Waals surface area (Å²) in [7, 11) is 3.01. The number of nitrogens with one attached hydrogen (secondary N) is 1. The van der Waals surface area contributed by atoms with Gasteiger partial charge in [-0.1, -0.05) is 183 Å². The van der Waals surface area contributed by atoms with Gasteiger partial charge in [0.05, 0.1) is 29.4 Å². The lowest BCUT2D eigenvalue weighted by Gasteiger charge is -2.27. The topological polar surface area (TPSA) is 145 Å². The molecule has 0 bridgehead atoms. The van der Waals surface area contributed by atoms with Gasteiger partial charge < -0.3 is 29.4 Å². The number of carbonyl (C=O) groups is 4. The molecule has 116 heavy (non-hydrogen) atoms. The van der Waals surface area contributed by atoms with E-state index in [-0.39, 0.29) is 48.9 Å². The van der Waals surface area contributed by atoms with Crippen LogP contribution >= 0.6 is 47.5 Å². The van der Waals surface area contributed by atoms with Gasteiger partial charge in [0.2, 0.25) is 12.1 Å². The molecule has 2 saturated heterocycles. The number of thiazole rings is 1. The third-order valence-corrected chi connectivity index (χ3v) is 26.4. The Bertz CT molecular complexity index is 5880. The molecule has 11 aromatic rings. The predicted molar refractivity (Wildman–Crippen MR) is 474 cm³/mol. The highest BCUT2D eigenvalue weighted by Crippen LogP contribution is 2.54. The van der Waals surface area contributed by atoms with Crippen molar-refractivity contribution in [3.63, 3.8) is 0 Å². The Balaban J connectivity index is 0.522. The van der Waals surface area contributed by atoms with E-state index in [0.29, 0.717) is 90.4 Å². The second-order valence-electron chi connectivity index (χ2n) is 30.4. The summed E-state index contributed by atoms with van der Waals surface area (Å²) in [6.07, 6.45) is 25.2. The highest BCUT2D eigenvalue weighted by atomic mass is 32.2. The van der Waals surface area contributed by atoms with Crippen LogP contribution in [0.15, 0.2) is 260 Å². The highest BCUT2D eigenvalue weighted by molar-refractivity contribution is 8.30. The van der Waals surface area contributed by atoms with Crippen molar-refractivity contribution in [1.82, 2.24) is 19.7 Å². The van der Waals surface area contributed by atoms with Gasteiger partial charge in [0.15, 0.2) is 36.4 Å². The Labute approximate surface area is 694 Å². The van der Waals surface area contributed by atoms with E-state index in [0.717, 1.165) is 117 Å². The number of para-hydroxylation sites is 1. The molecule has 578 valence electrons. The zero-order valence-electron chi connectivity index (χ0n) is 64.9. The lowest BCUT2D eigenvalue weighted by atomic mass is 9.67. The number of ether oxygens (including phenoxy) is 1. The van der Waals surface area contributed by atoms with E-state index in [1.807, 2.05) is 131 Å². The van der Waals surface area contributed by atoms with Crippen molar-refractivity contribution in [3.05, 3.63) is 330 Å². The van der Waals surface area contributed by atoms with Crippen molar-refractivity contribution in [3.8, 4) is 11.1 Å². The number of hydrogen-bond donors (Lipinski definition) is 1. The SMILES string of the molecule is COC(=O)c1ccc(/C=C/c2ccc(N3c4ccc(/C=C5\C(=O)N(c6ccccc6)C(=S)N5CCB(C)OC(C)[n+]5ccc(-c6cc[n+](CCNC(=O)Cn7c(=O)/c(=C\c8ccc9c(c8)C8CCCC8N9c8ccc(C=C(c9ccccc9)c9ccccc9)cc8)s/c7=C7/SC(=S)N(C)C7=O)cc6)cc5)cc4C4CCCC43)cc2)cc1. The quantitative estimate of drug-likeness (QED) is 0.0162. The highest BCUT2D eigenvalue weighted by Gasteiger charge is 2.45. The average Bonchev–Trinajstić information content (AvgIpc) is 1.59. The van der Waals surface area contributed by atoms with Crippen molar-refractivity contribution in [2.24, 2.45) is 0 Å². The number of hydrogen-bond acceptors (Lipinski definition) is 13. The van der Waals surface area contributed by atoms with E-state index in [1.54, 1.807) is 24.1 Å². The minimum Gasteiger partial charge on any atom is -0.465 e. The fourth-order valence-electron chi connectivity index (χ4n) is 17.2. The lowest BCUT2D eigenvalue weighted by molar-refractivity contribution is -0.751. The number of benzene rings is 8. The van der Waals surface area contributed by atoms with Crippen LogP contribution in [0.3, 0.4) is 0 Å². The predicted octanol–water partition coefficient (Wildman–Crippen LogP) is 16.3. The molecular formula is C95H86BN9O7S4+2. The standard InChI is InChI=1S/C95H85BN9O7S4/c1-62(112-96(2)48-54-101-85(89(107)105(94(101)113)73-20-12-7-13-21-73)59-66-34-42-83-79(57-66)76-22-14-24-81(76)103(83)74-38-30-64(31-39-74)27-26-63-28-36-72(37-29-63)93(110)111-4)100-52-46-69(47-53-100)68-44-50-99(51-45-68)55-49-97-87(106)61-102-90(108)86(115-92(102)88-91(109)98(3)95(114)116-88)60-67-35-43-84-80(58-67)77-23-15-25-82(77)104(84)75-40-32-65(33-41-75)56-78(70-16-8-5-9-17-70)71-18-10-6-11-19-71/h5-13,16-21,26-47,50-53,56-60,62,76-77,81-82H,14-15,22-25,48-49,54-55,61H2,1-4H3/q+1/p+1/b27-26+,85-59+,86-60+,92-88+. The van der Waals surface area contributed by atoms with Crippen molar-refractivity contribution >= 4 is 157 Å². The Morgan fingerprint density at radius 2 is 1.15 bits per heavy atom. The number of amides is 3. The summed E-state index contributed by atoms with van der Waals surface area (Å²) in [6, 6.07) is 77.5. The maximum absolute atomic E-state index is 14.7. The minimum atomic E-state index is -0.355. The number of fused-ring (bicyclic) bond motifs is 6. The molecule has 6 aliphatic rings. The molecule has 0 spiro atoms. The summed E-state index contributed by atoms with van der Waals surface area (Å²) in [5, 5.41) is 3.46. The summed E-state index contributed by atoms with van der Waals surface area (Å²) >= 11 is 14.1. The molecule has 17 rings (SSSR count). The summed E-state index contributed by atoms with van der Waals surface area (Å²) in [5.41, 5.74) is 19.2. The molecule has 2 saturated carbocycles. The van der Waals surface area contributed by atoms with Gasteiger partial charge >= 0.3 is 5.97 Å². The fraction of sp³-hybridized carbons (Fsp3) is 0.211. The summed E-state index contributed by atoms with van der Waals surface area (Å²) in [4.78, 5) is 79.3. The van der Waals surface area contributed by atoms with Gasteiger partial charge in [0, 0.05) is 91.5 Å². The summed E-state index contributed by atoms with van der Waals surface area (Å²) in [5.74, 6) is -0.478. The van der Waals surface area contributed by atoms with E-state index < -0.39 is 0 Å². The van der Waals surface area contributed by atoms with Crippen LogP contribution in [0, 0.1) is 0 Å². The first-order valence-electron chi connectivity index (χ1n) is 39.6. The van der Waals surface area contributed by atoms with Crippen molar-refractivity contribution in [2.45, 2.75) is 102 Å². The monoisotopic (exact) mass is 1600 g/mol. The second-order valence-corrected chi connectivity index (χ2v) is 33.4. The summed E-state index contributed by atoms with van der Waals surface area (Å²) in [6.45, 7) is 4.85. The largest absolute Gasteiger partial charge is 0.465 e. The maximum atomic E-state index is 14.7. The number of methoxy groups -OCH3 is 1. The molecular weight excluding hydrogens is 1520 g/mol. The van der Waals surface area contributed by atoms with Gasteiger partial charge in [0.1, 0.15) is 26.1 Å². The number of nitrogens with zero attached hydrogens (tertiary/aromatic N) is 8. The number of thioether (sulfide) groups is 1. The van der Waals surface area contributed by atoms with Crippen molar-refractivity contribution < 1.29 is 37.7 Å². The van der Waals surface area contributed by atoms with Crippen LogP contribution in [-0.2, 0) is 36.9 Å². The molecule has 21 heteroatoms. The molecule has 1 N–H and O–H groups in total. The molecule has 5 unspecified atom stereocenters. The number of anilines is 5. The zero-order valence-corrected chi connectivity index (χ0v) is 68.1. The number of aromatic nitrogens is 3. The lowest BCUT2D eigenvalue weighted by Crippen LogP contribution is -2.43. The number of thiocarbonyl (C=S) groups is 2. The van der Waals surface area contributed by atoms with Gasteiger partial charge in [0.25, 0.3) is 24.3 Å².